The summed E-state index contributed by atoms with van der Waals surface area (Å²) < 4.78 is 35.5. The van der Waals surface area contributed by atoms with E-state index in [9.17, 15) is 13.2 Å². The van der Waals surface area contributed by atoms with Gasteiger partial charge in [0.1, 0.15) is 6.07 Å². The van der Waals surface area contributed by atoms with E-state index in [-0.39, 0.29) is 24.5 Å². The summed E-state index contributed by atoms with van der Waals surface area (Å²) in [5.74, 6) is 0.215. The topological polar surface area (TPSA) is 61.6 Å². The molecule has 0 unspecified atom stereocenters. The fourth-order valence-corrected chi connectivity index (χ4v) is 1.04. The van der Waals surface area contributed by atoms with Gasteiger partial charge in [-0.05, 0) is 6.42 Å². The smallest absolute Gasteiger partial charge is 0.368 e. The molecule has 0 fully saturated rings. The van der Waals surface area contributed by atoms with Gasteiger partial charge in [0.15, 0.2) is 11.5 Å². The SMILES string of the molecule is N#Cc1nccnc1NCCCC(F)(F)F. The van der Waals surface area contributed by atoms with Crippen molar-refractivity contribution in [3.63, 3.8) is 0 Å². The summed E-state index contributed by atoms with van der Waals surface area (Å²) in [5.41, 5.74) is 0.0782. The van der Waals surface area contributed by atoms with Gasteiger partial charge in [-0.3, -0.25) is 0 Å². The Morgan fingerprint density at radius 3 is 2.62 bits per heavy atom. The maximum atomic E-state index is 11.8. The van der Waals surface area contributed by atoms with Gasteiger partial charge in [0.2, 0.25) is 0 Å². The zero-order chi connectivity index (χ0) is 12.0. The molecule has 7 heteroatoms. The summed E-state index contributed by atoms with van der Waals surface area (Å²) in [6.45, 7) is 0.104. The molecular formula is C9H9F3N4. The second kappa shape index (κ2) is 5.30. The van der Waals surface area contributed by atoms with E-state index in [2.05, 4.69) is 15.3 Å². The van der Waals surface area contributed by atoms with E-state index in [1.807, 2.05) is 0 Å². The highest BCUT2D eigenvalue weighted by Crippen LogP contribution is 2.21. The molecule has 86 valence electrons. The standard InChI is InChI=1S/C9H9F3N4/c10-9(11,12)2-1-3-15-8-7(6-13)14-4-5-16-8/h4-5H,1-3H2,(H,15,16). The largest absolute Gasteiger partial charge is 0.389 e. The number of aromatic nitrogens is 2. The summed E-state index contributed by atoms with van der Waals surface area (Å²) in [6, 6.07) is 1.79. The lowest BCUT2D eigenvalue weighted by Crippen LogP contribution is -2.12. The number of hydrogen-bond donors (Lipinski definition) is 1. The van der Waals surface area contributed by atoms with Crippen LogP contribution in [0.1, 0.15) is 18.5 Å². The Hall–Kier alpha value is -1.84. The van der Waals surface area contributed by atoms with Crippen LogP contribution in [0.3, 0.4) is 0 Å². The van der Waals surface area contributed by atoms with Crippen molar-refractivity contribution in [3.05, 3.63) is 18.1 Å². The van der Waals surface area contributed by atoms with Crippen LogP contribution in [0, 0.1) is 11.3 Å². The van der Waals surface area contributed by atoms with Crippen LogP contribution < -0.4 is 5.32 Å². The van der Waals surface area contributed by atoms with E-state index >= 15 is 0 Å². The van der Waals surface area contributed by atoms with E-state index < -0.39 is 12.6 Å². The van der Waals surface area contributed by atoms with Crippen LogP contribution >= 0.6 is 0 Å². The average Bonchev–Trinajstić information content (AvgIpc) is 2.23. The number of hydrogen-bond acceptors (Lipinski definition) is 4. The maximum absolute atomic E-state index is 11.8. The molecule has 0 saturated carbocycles. The first-order valence-corrected chi connectivity index (χ1v) is 4.54. The molecular weight excluding hydrogens is 221 g/mol. The lowest BCUT2D eigenvalue weighted by molar-refractivity contribution is -0.134. The predicted molar refractivity (Wildman–Crippen MR) is 50.5 cm³/mol. The second-order valence-electron chi connectivity index (χ2n) is 3.01. The Morgan fingerprint density at radius 1 is 1.31 bits per heavy atom. The van der Waals surface area contributed by atoms with Gasteiger partial charge in [-0.1, -0.05) is 0 Å². The monoisotopic (exact) mass is 230 g/mol. The van der Waals surface area contributed by atoms with Crippen LogP contribution in [0.15, 0.2) is 12.4 Å². The zero-order valence-electron chi connectivity index (χ0n) is 8.25. The van der Waals surface area contributed by atoms with Crippen molar-refractivity contribution >= 4 is 5.82 Å². The zero-order valence-corrected chi connectivity index (χ0v) is 8.25. The lowest BCUT2D eigenvalue weighted by atomic mass is 10.3. The number of nitrogens with zero attached hydrogens (tertiary/aromatic N) is 3. The highest BCUT2D eigenvalue weighted by molar-refractivity contribution is 5.46. The molecule has 0 spiro atoms. The van der Waals surface area contributed by atoms with E-state index in [0.29, 0.717) is 0 Å². The van der Waals surface area contributed by atoms with Crippen molar-refractivity contribution in [1.82, 2.24) is 9.97 Å². The molecule has 4 nitrogen and oxygen atoms in total. The van der Waals surface area contributed by atoms with Gasteiger partial charge in [-0.15, -0.1) is 0 Å². The summed E-state index contributed by atoms with van der Waals surface area (Å²) in [7, 11) is 0. The molecule has 0 bridgehead atoms. The van der Waals surface area contributed by atoms with Crippen molar-refractivity contribution in [2.75, 3.05) is 11.9 Å². The van der Waals surface area contributed by atoms with Crippen LogP contribution in [-0.4, -0.2) is 22.7 Å². The highest BCUT2D eigenvalue weighted by Gasteiger charge is 2.25. The molecule has 0 radical (unpaired) electrons. The minimum Gasteiger partial charge on any atom is -0.368 e. The first kappa shape index (κ1) is 12.2. The van der Waals surface area contributed by atoms with Crippen molar-refractivity contribution in [2.45, 2.75) is 19.0 Å². The summed E-state index contributed by atoms with van der Waals surface area (Å²) in [5, 5.41) is 11.3. The van der Waals surface area contributed by atoms with Gasteiger partial charge in [0.25, 0.3) is 0 Å². The quantitative estimate of drug-likeness (QED) is 0.804. The molecule has 0 aliphatic heterocycles. The molecule has 1 heterocycles. The molecule has 1 N–H and O–H groups in total. The van der Waals surface area contributed by atoms with E-state index in [1.54, 1.807) is 6.07 Å². The summed E-state index contributed by atoms with van der Waals surface area (Å²) in [6.07, 6.45) is -2.36. The molecule has 16 heavy (non-hydrogen) atoms. The molecule has 1 rings (SSSR count). The Bertz CT molecular complexity index is 383. The predicted octanol–water partition coefficient (Wildman–Crippen LogP) is 2.10. The van der Waals surface area contributed by atoms with Crippen LogP contribution in [-0.2, 0) is 0 Å². The minimum absolute atomic E-state index is 0.0645. The molecule has 0 amide bonds. The molecule has 0 aromatic carbocycles. The summed E-state index contributed by atoms with van der Waals surface area (Å²) in [4.78, 5) is 7.52. The highest BCUT2D eigenvalue weighted by atomic mass is 19.4. The van der Waals surface area contributed by atoms with Crippen molar-refractivity contribution in [1.29, 1.82) is 5.26 Å². The van der Waals surface area contributed by atoms with Crippen LogP contribution in [0.25, 0.3) is 0 Å². The van der Waals surface area contributed by atoms with Gasteiger partial charge in [-0.25, -0.2) is 9.97 Å². The Kier molecular flexibility index (Phi) is 4.05. The van der Waals surface area contributed by atoms with Gasteiger partial charge < -0.3 is 5.32 Å². The van der Waals surface area contributed by atoms with E-state index in [0.717, 1.165) is 0 Å². The van der Waals surface area contributed by atoms with Crippen LogP contribution in [0.5, 0.6) is 0 Å². The Morgan fingerprint density at radius 2 is 2.00 bits per heavy atom. The molecule has 0 saturated heterocycles. The van der Waals surface area contributed by atoms with Gasteiger partial charge in [0, 0.05) is 25.4 Å². The van der Waals surface area contributed by atoms with E-state index in [1.165, 1.54) is 12.4 Å². The molecule has 0 aliphatic rings. The Labute approximate surface area is 90.1 Å². The summed E-state index contributed by atoms with van der Waals surface area (Å²) >= 11 is 0. The molecule has 0 aliphatic carbocycles. The third kappa shape index (κ3) is 4.13. The molecule has 1 aromatic rings. The number of nitrogens with one attached hydrogen (secondary N) is 1. The number of rotatable bonds is 4. The normalized spacial score (nSPS) is 10.9. The van der Waals surface area contributed by atoms with Crippen molar-refractivity contribution in [3.8, 4) is 6.07 Å². The van der Waals surface area contributed by atoms with Gasteiger partial charge in [0.05, 0.1) is 0 Å². The Balaban J connectivity index is 2.41. The average molecular weight is 230 g/mol. The van der Waals surface area contributed by atoms with Crippen LogP contribution in [0.4, 0.5) is 19.0 Å². The fraction of sp³-hybridized carbons (Fsp3) is 0.444. The number of anilines is 1. The van der Waals surface area contributed by atoms with Gasteiger partial charge >= 0.3 is 6.18 Å². The molecule has 0 atom stereocenters. The fourth-order valence-electron chi connectivity index (χ4n) is 1.04. The number of nitriles is 1. The van der Waals surface area contributed by atoms with Gasteiger partial charge in [-0.2, -0.15) is 18.4 Å². The lowest BCUT2D eigenvalue weighted by Gasteiger charge is -2.07. The van der Waals surface area contributed by atoms with Crippen molar-refractivity contribution < 1.29 is 13.2 Å². The first-order valence-electron chi connectivity index (χ1n) is 4.54. The van der Waals surface area contributed by atoms with Crippen molar-refractivity contribution in [2.24, 2.45) is 0 Å². The number of alkyl halides is 3. The second-order valence-corrected chi connectivity index (χ2v) is 3.01. The first-order chi connectivity index (χ1) is 7.53. The number of halogens is 3. The third-order valence-corrected chi connectivity index (χ3v) is 1.73. The van der Waals surface area contributed by atoms with E-state index in [4.69, 9.17) is 5.26 Å². The van der Waals surface area contributed by atoms with Crippen LogP contribution in [0.2, 0.25) is 0 Å². The maximum Gasteiger partial charge on any atom is 0.389 e. The minimum atomic E-state index is -4.15. The third-order valence-electron chi connectivity index (χ3n) is 1.73. The molecule has 1 aromatic heterocycles.